The Morgan fingerprint density at radius 1 is 1.07 bits per heavy atom. The van der Waals surface area contributed by atoms with Crippen molar-refractivity contribution in [2.24, 2.45) is 0 Å². The number of likely N-dealkylation sites (N-methyl/N-ethyl adjacent to an activating group) is 1. The molecule has 0 saturated heterocycles. The van der Waals surface area contributed by atoms with Gasteiger partial charge >= 0.3 is 0 Å². The van der Waals surface area contributed by atoms with E-state index in [1.807, 2.05) is 55.5 Å². The Morgan fingerprint density at radius 2 is 1.83 bits per heavy atom. The summed E-state index contributed by atoms with van der Waals surface area (Å²) in [7, 11) is 1.72. The highest BCUT2D eigenvalue weighted by atomic mass is 16.6. The van der Waals surface area contributed by atoms with Gasteiger partial charge in [0.15, 0.2) is 23.4 Å². The van der Waals surface area contributed by atoms with Crippen LogP contribution in [0.3, 0.4) is 0 Å². The number of fused-ring (bicyclic) bond motifs is 1. The van der Waals surface area contributed by atoms with E-state index in [9.17, 15) is 4.79 Å². The van der Waals surface area contributed by atoms with E-state index in [0.29, 0.717) is 24.7 Å². The van der Waals surface area contributed by atoms with Gasteiger partial charge in [-0.2, -0.15) is 0 Å². The Balaban J connectivity index is 1.32. The molecule has 150 valence electrons. The van der Waals surface area contributed by atoms with Gasteiger partial charge in [-0.25, -0.2) is 0 Å². The molecule has 1 aliphatic rings. The number of amides is 1. The molecule has 2 aromatic carbocycles. The van der Waals surface area contributed by atoms with Crippen LogP contribution in [0.15, 0.2) is 65.1 Å². The Kier molecular flexibility index (Phi) is 5.42. The number of benzene rings is 2. The van der Waals surface area contributed by atoms with Gasteiger partial charge in [0.05, 0.1) is 6.54 Å². The molecule has 0 aliphatic carbocycles. The first-order valence-electron chi connectivity index (χ1n) is 9.50. The van der Waals surface area contributed by atoms with E-state index in [1.54, 1.807) is 24.1 Å². The normalized spacial score (nSPS) is 15.0. The van der Waals surface area contributed by atoms with Crippen molar-refractivity contribution >= 4 is 5.91 Å². The Hall–Kier alpha value is -3.41. The number of aryl methyl sites for hydroxylation is 1. The monoisotopic (exact) mass is 393 g/mol. The van der Waals surface area contributed by atoms with Gasteiger partial charge in [-0.05, 0) is 43.3 Å². The largest absolute Gasteiger partial charge is 0.486 e. The van der Waals surface area contributed by atoms with Crippen LogP contribution in [-0.2, 0) is 6.61 Å². The van der Waals surface area contributed by atoms with Gasteiger partial charge in [-0.1, -0.05) is 29.8 Å². The summed E-state index contributed by atoms with van der Waals surface area (Å²) in [4.78, 5) is 14.3. The van der Waals surface area contributed by atoms with Crippen LogP contribution in [0, 0.1) is 6.92 Å². The maximum Gasteiger partial charge on any atom is 0.289 e. The van der Waals surface area contributed by atoms with Crippen LogP contribution >= 0.6 is 0 Å². The van der Waals surface area contributed by atoms with Gasteiger partial charge in [0, 0.05) is 7.05 Å². The highest BCUT2D eigenvalue weighted by Crippen LogP contribution is 2.31. The third-order valence-electron chi connectivity index (χ3n) is 4.67. The fourth-order valence-electron chi connectivity index (χ4n) is 3.09. The molecule has 0 radical (unpaired) electrons. The second-order valence-electron chi connectivity index (χ2n) is 7.05. The summed E-state index contributed by atoms with van der Waals surface area (Å²) < 4.78 is 23.0. The second-order valence-corrected chi connectivity index (χ2v) is 7.05. The molecule has 2 heterocycles. The van der Waals surface area contributed by atoms with Crippen LogP contribution < -0.4 is 14.2 Å². The minimum atomic E-state index is -0.238. The number of carbonyl (C=O) groups is 1. The zero-order chi connectivity index (χ0) is 20.2. The number of furan rings is 1. The van der Waals surface area contributed by atoms with Crippen LogP contribution in [-0.4, -0.2) is 37.1 Å². The number of hydrogen-bond donors (Lipinski definition) is 0. The molecule has 1 atom stereocenters. The first kappa shape index (κ1) is 18.9. The van der Waals surface area contributed by atoms with Crippen molar-refractivity contribution in [1.82, 2.24) is 4.90 Å². The third kappa shape index (κ3) is 4.54. The summed E-state index contributed by atoms with van der Waals surface area (Å²) in [6.45, 7) is 3.07. The lowest BCUT2D eigenvalue weighted by Crippen LogP contribution is -2.41. The van der Waals surface area contributed by atoms with Crippen molar-refractivity contribution < 1.29 is 23.4 Å². The van der Waals surface area contributed by atoms with Crippen molar-refractivity contribution in [1.29, 1.82) is 0 Å². The molecule has 0 N–H and O–H groups in total. The highest BCUT2D eigenvalue weighted by Gasteiger charge is 2.25. The fourth-order valence-corrected chi connectivity index (χ4v) is 3.09. The molecule has 4 rings (SSSR count). The van der Waals surface area contributed by atoms with Crippen LogP contribution in [0.2, 0.25) is 0 Å². The Bertz CT molecular complexity index is 979. The summed E-state index contributed by atoms with van der Waals surface area (Å²) >= 11 is 0. The molecule has 1 aliphatic heterocycles. The number of ether oxygens (including phenoxy) is 3. The van der Waals surface area contributed by atoms with E-state index in [0.717, 1.165) is 11.5 Å². The first-order chi connectivity index (χ1) is 14.1. The van der Waals surface area contributed by atoms with E-state index < -0.39 is 0 Å². The van der Waals surface area contributed by atoms with E-state index in [4.69, 9.17) is 18.6 Å². The average Bonchev–Trinajstić information content (AvgIpc) is 3.21. The third-order valence-corrected chi connectivity index (χ3v) is 4.67. The lowest BCUT2D eigenvalue weighted by molar-refractivity contribution is 0.0499. The molecule has 1 unspecified atom stereocenters. The number of rotatable bonds is 6. The molecule has 6 nitrogen and oxygen atoms in total. The summed E-state index contributed by atoms with van der Waals surface area (Å²) in [5.41, 5.74) is 1.17. The van der Waals surface area contributed by atoms with Crippen molar-refractivity contribution in [2.75, 3.05) is 20.2 Å². The van der Waals surface area contributed by atoms with Gasteiger partial charge in [0.2, 0.25) is 0 Å². The summed E-state index contributed by atoms with van der Waals surface area (Å²) in [6, 6.07) is 18.7. The van der Waals surface area contributed by atoms with Gasteiger partial charge < -0.3 is 23.5 Å². The van der Waals surface area contributed by atoms with Crippen LogP contribution in [0.4, 0.5) is 0 Å². The van der Waals surface area contributed by atoms with Gasteiger partial charge in [-0.3, -0.25) is 4.79 Å². The minimum Gasteiger partial charge on any atom is -0.486 e. The smallest absolute Gasteiger partial charge is 0.289 e. The number of nitrogens with zero attached hydrogens (tertiary/aromatic N) is 1. The first-order valence-corrected chi connectivity index (χ1v) is 9.50. The Labute approximate surface area is 169 Å². The lowest BCUT2D eigenvalue weighted by atomic mass is 10.2. The maximum absolute atomic E-state index is 12.7. The summed E-state index contributed by atoms with van der Waals surface area (Å²) in [5.74, 6) is 2.82. The van der Waals surface area contributed by atoms with Gasteiger partial charge in [0.1, 0.15) is 24.7 Å². The average molecular weight is 393 g/mol. The zero-order valence-electron chi connectivity index (χ0n) is 16.5. The van der Waals surface area contributed by atoms with Crippen LogP contribution in [0.25, 0.3) is 0 Å². The number of hydrogen-bond acceptors (Lipinski definition) is 5. The molecule has 0 spiro atoms. The number of para-hydroxylation sites is 2. The molecule has 1 aromatic heterocycles. The molecular formula is C23H23NO5. The predicted octanol–water partition coefficient (Wildman–Crippen LogP) is 4.08. The van der Waals surface area contributed by atoms with Crippen molar-refractivity contribution in [3.63, 3.8) is 0 Å². The van der Waals surface area contributed by atoms with Gasteiger partial charge in [0.25, 0.3) is 5.91 Å². The summed E-state index contributed by atoms with van der Waals surface area (Å²) in [5, 5.41) is 0. The molecule has 0 bridgehead atoms. The van der Waals surface area contributed by atoms with Crippen molar-refractivity contribution in [2.45, 2.75) is 19.6 Å². The van der Waals surface area contributed by atoms with E-state index >= 15 is 0 Å². The molecule has 1 amide bonds. The standard InChI is InChI=1S/C23H23NO5/c1-16-7-9-17(10-8-16)26-14-18-11-12-22(28-18)23(25)24(2)13-19-15-27-20-5-3-4-6-21(20)29-19/h3-12,19H,13-15H2,1-2H3. The van der Waals surface area contributed by atoms with Gasteiger partial charge in [-0.15, -0.1) is 0 Å². The molecular weight excluding hydrogens is 370 g/mol. The molecule has 0 fully saturated rings. The molecule has 6 heteroatoms. The van der Waals surface area contributed by atoms with E-state index in [2.05, 4.69) is 0 Å². The second kappa shape index (κ2) is 8.31. The van der Waals surface area contributed by atoms with E-state index in [-0.39, 0.29) is 24.4 Å². The quantitative estimate of drug-likeness (QED) is 0.632. The topological polar surface area (TPSA) is 61.1 Å². The zero-order valence-corrected chi connectivity index (χ0v) is 16.5. The lowest BCUT2D eigenvalue weighted by Gasteiger charge is -2.29. The predicted molar refractivity (Wildman–Crippen MR) is 108 cm³/mol. The van der Waals surface area contributed by atoms with Crippen LogP contribution in [0.5, 0.6) is 17.2 Å². The molecule has 3 aromatic rings. The highest BCUT2D eigenvalue weighted by molar-refractivity contribution is 5.91. The SMILES string of the molecule is Cc1ccc(OCc2ccc(C(=O)N(C)CC3COc4ccccc4O3)o2)cc1. The van der Waals surface area contributed by atoms with Crippen LogP contribution in [0.1, 0.15) is 21.9 Å². The maximum atomic E-state index is 12.7. The number of carbonyl (C=O) groups excluding carboxylic acids is 1. The summed E-state index contributed by atoms with van der Waals surface area (Å²) in [6.07, 6.45) is -0.238. The van der Waals surface area contributed by atoms with Crippen molar-refractivity contribution in [3.8, 4) is 17.2 Å². The Morgan fingerprint density at radius 3 is 2.62 bits per heavy atom. The molecule has 0 saturated carbocycles. The minimum absolute atomic E-state index is 0.214. The fraction of sp³-hybridized carbons (Fsp3) is 0.261. The van der Waals surface area contributed by atoms with Crippen molar-refractivity contribution in [3.05, 3.63) is 77.7 Å². The van der Waals surface area contributed by atoms with E-state index in [1.165, 1.54) is 5.56 Å². The molecule has 29 heavy (non-hydrogen) atoms.